The predicted molar refractivity (Wildman–Crippen MR) is 104 cm³/mol. The first-order valence-corrected chi connectivity index (χ1v) is 8.69. The number of aliphatic imine (C=N–C) groups is 1. The quantitative estimate of drug-likeness (QED) is 0.506. The minimum Gasteiger partial charge on any atom is -0.497 e. The molecule has 0 heterocycles. The maximum absolute atomic E-state index is 12.6. The van der Waals surface area contributed by atoms with Gasteiger partial charge in [0.15, 0.2) is 5.96 Å². The molecule has 0 fully saturated rings. The van der Waals surface area contributed by atoms with E-state index >= 15 is 0 Å². The van der Waals surface area contributed by atoms with Crippen molar-refractivity contribution in [3.8, 4) is 11.5 Å². The molecule has 0 amide bonds. The zero-order chi connectivity index (χ0) is 20.4. The van der Waals surface area contributed by atoms with Crippen LogP contribution in [0.15, 0.2) is 47.5 Å². The van der Waals surface area contributed by atoms with Crippen LogP contribution in [0.25, 0.3) is 0 Å². The third-order valence-corrected chi connectivity index (χ3v) is 4.02. The summed E-state index contributed by atoms with van der Waals surface area (Å²) in [5.41, 5.74) is 2.69. The summed E-state index contributed by atoms with van der Waals surface area (Å²) in [5, 5.41) is 6.31. The van der Waals surface area contributed by atoms with Crippen molar-refractivity contribution in [3.63, 3.8) is 0 Å². The second-order valence-electron chi connectivity index (χ2n) is 5.83. The zero-order valence-corrected chi connectivity index (χ0v) is 16.2. The van der Waals surface area contributed by atoms with Gasteiger partial charge in [0.25, 0.3) is 0 Å². The number of ether oxygens (including phenoxy) is 3. The van der Waals surface area contributed by atoms with E-state index in [2.05, 4.69) is 20.4 Å². The number of hydrogen-bond donors (Lipinski definition) is 2. The third kappa shape index (κ3) is 6.38. The van der Waals surface area contributed by atoms with E-state index in [-0.39, 0.29) is 12.3 Å². The smallest absolute Gasteiger partial charge is 0.387 e. The van der Waals surface area contributed by atoms with Crippen LogP contribution in [0.1, 0.15) is 16.7 Å². The highest BCUT2D eigenvalue weighted by molar-refractivity contribution is 5.79. The molecule has 0 aromatic heterocycles. The van der Waals surface area contributed by atoms with Gasteiger partial charge in [-0.15, -0.1) is 0 Å². The monoisotopic (exact) mass is 393 g/mol. The predicted octanol–water partition coefficient (Wildman–Crippen LogP) is 3.31. The summed E-state index contributed by atoms with van der Waals surface area (Å²) >= 11 is 0. The molecule has 0 atom stereocenters. The topological polar surface area (TPSA) is 64.1 Å². The second-order valence-corrected chi connectivity index (χ2v) is 5.83. The molecule has 0 saturated heterocycles. The van der Waals surface area contributed by atoms with Gasteiger partial charge in [-0.25, -0.2) is 0 Å². The van der Waals surface area contributed by atoms with Crippen LogP contribution in [0.5, 0.6) is 11.5 Å². The molecule has 0 bridgehead atoms. The average Bonchev–Trinajstić information content (AvgIpc) is 2.70. The van der Waals surface area contributed by atoms with Gasteiger partial charge >= 0.3 is 6.61 Å². The van der Waals surface area contributed by atoms with Crippen molar-refractivity contribution in [2.24, 2.45) is 4.99 Å². The van der Waals surface area contributed by atoms with E-state index < -0.39 is 6.61 Å². The number of halogens is 2. The number of guanidine groups is 1. The number of nitrogens with zero attached hydrogens (tertiary/aromatic N) is 1. The van der Waals surface area contributed by atoms with Crippen LogP contribution >= 0.6 is 0 Å². The highest BCUT2D eigenvalue weighted by atomic mass is 19.3. The summed E-state index contributed by atoms with van der Waals surface area (Å²) in [7, 11) is 4.80. The molecule has 152 valence electrons. The van der Waals surface area contributed by atoms with E-state index in [1.807, 2.05) is 24.3 Å². The first-order valence-electron chi connectivity index (χ1n) is 8.69. The van der Waals surface area contributed by atoms with Crippen LogP contribution in [0.4, 0.5) is 8.78 Å². The zero-order valence-electron chi connectivity index (χ0n) is 16.2. The maximum atomic E-state index is 12.6. The van der Waals surface area contributed by atoms with Crippen LogP contribution in [0.3, 0.4) is 0 Å². The van der Waals surface area contributed by atoms with Gasteiger partial charge in [0, 0.05) is 32.8 Å². The summed E-state index contributed by atoms with van der Waals surface area (Å²) in [6.07, 6.45) is 0. The van der Waals surface area contributed by atoms with Crippen molar-refractivity contribution >= 4 is 5.96 Å². The molecule has 0 saturated carbocycles. The van der Waals surface area contributed by atoms with Gasteiger partial charge in [0.2, 0.25) is 0 Å². The van der Waals surface area contributed by atoms with Crippen molar-refractivity contribution in [2.75, 3.05) is 21.3 Å². The molecular formula is C20H25F2N3O3. The molecule has 0 unspecified atom stereocenters. The molecule has 2 N–H and O–H groups in total. The van der Waals surface area contributed by atoms with Gasteiger partial charge < -0.3 is 24.8 Å². The minimum atomic E-state index is -2.90. The Morgan fingerprint density at radius 2 is 1.68 bits per heavy atom. The normalized spacial score (nSPS) is 11.4. The van der Waals surface area contributed by atoms with Crippen LogP contribution in [-0.2, 0) is 24.4 Å². The number of methoxy groups -OCH3 is 2. The van der Waals surface area contributed by atoms with Crippen LogP contribution < -0.4 is 20.1 Å². The lowest BCUT2D eigenvalue weighted by Gasteiger charge is -2.16. The van der Waals surface area contributed by atoms with Crippen LogP contribution in [0, 0.1) is 0 Å². The van der Waals surface area contributed by atoms with E-state index in [9.17, 15) is 8.78 Å². The standard InChI is InChI=1S/C20H25F2N3O3/c1-23-20(24-11-14-6-4-5-7-15(14)13-26-2)25-12-16-10-17(27-3)8-9-18(16)28-19(21)22/h4-10,19H,11-13H2,1-3H3,(H2,23,24,25). The van der Waals surface area contributed by atoms with E-state index in [4.69, 9.17) is 9.47 Å². The Morgan fingerprint density at radius 3 is 2.29 bits per heavy atom. The molecule has 8 heteroatoms. The van der Waals surface area contributed by atoms with Gasteiger partial charge in [0.05, 0.1) is 13.7 Å². The molecule has 2 aromatic carbocycles. The van der Waals surface area contributed by atoms with Gasteiger partial charge in [-0.2, -0.15) is 8.78 Å². The van der Waals surface area contributed by atoms with E-state index in [1.165, 1.54) is 13.2 Å². The first-order chi connectivity index (χ1) is 13.6. The third-order valence-electron chi connectivity index (χ3n) is 4.02. The Labute approximate surface area is 163 Å². The average molecular weight is 393 g/mol. The number of hydrogen-bond acceptors (Lipinski definition) is 4. The van der Waals surface area contributed by atoms with Crippen molar-refractivity contribution in [1.29, 1.82) is 0 Å². The van der Waals surface area contributed by atoms with Gasteiger partial charge in [-0.05, 0) is 29.3 Å². The SMILES string of the molecule is CN=C(NCc1ccccc1COC)NCc1cc(OC)ccc1OC(F)F. The summed E-state index contributed by atoms with van der Waals surface area (Å²) in [4.78, 5) is 4.17. The van der Waals surface area contributed by atoms with Gasteiger partial charge in [-0.1, -0.05) is 24.3 Å². The molecule has 0 spiro atoms. The Morgan fingerprint density at radius 1 is 1.00 bits per heavy atom. The van der Waals surface area contributed by atoms with Gasteiger partial charge in [0.1, 0.15) is 11.5 Å². The van der Waals surface area contributed by atoms with E-state index in [0.717, 1.165) is 11.1 Å². The molecule has 0 radical (unpaired) electrons. The second kappa shape index (κ2) is 11.1. The van der Waals surface area contributed by atoms with Gasteiger partial charge in [-0.3, -0.25) is 4.99 Å². The first kappa shape index (κ1) is 21.4. The summed E-state index contributed by atoms with van der Waals surface area (Å²) < 4.78 is 40.2. The number of nitrogens with one attached hydrogen (secondary N) is 2. The fraction of sp³-hybridized carbons (Fsp3) is 0.350. The summed E-state index contributed by atoms with van der Waals surface area (Å²) in [5.74, 6) is 1.16. The Kier molecular flexibility index (Phi) is 8.48. The van der Waals surface area contributed by atoms with Crippen molar-refractivity contribution in [1.82, 2.24) is 10.6 Å². The van der Waals surface area contributed by atoms with Crippen molar-refractivity contribution in [3.05, 3.63) is 59.2 Å². The minimum absolute atomic E-state index is 0.0872. The number of rotatable bonds is 9. The highest BCUT2D eigenvalue weighted by Crippen LogP contribution is 2.25. The Bertz CT molecular complexity index is 785. The van der Waals surface area contributed by atoms with E-state index in [1.54, 1.807) is 26.3 Å². The molecular weight excluding hydrogens is 368 g/mol. The highest BCUT2D eigenvalue weighted by Gasteiger charge is 2.12. The summed E-state index contributed by atoms with van der Waals surface area (Å²) in [6, 6.07) is 12.6. The molecule has 0 aliphatic rings. The largest absolute Gasteiger partial charge is 0.497 e. The van der Waals surface area contributed by atoms with E-state index in [0.29, 0.717) is 30.4 Å². The Hall–Kier alpha value is -2.87. The maximum Gasteiger partial charge on any atom is 0.387 e. The fourth-order valence-electron chi connectivity index (χ4n) is 2.64. The van der Waals surface area contributed by atoms with Crippen LogP contribution in [0.2, 0.25) is 0 Å². The Balaban J connectivity index is 2.02. The number of benzene rings is 2. The van der Waals surface area contributed by atoms with Crippen molar-refractivity contribution < 1.29 is 23.0 Å². The van der Waals surface area contributed by atoms with Crippen LogP contribution in [-0.4, -0.2) is 33.8 Å². The molecule has 6 nitrogen and oxygen atoms in total. The number of alkyl halides is 2. The summed E-state index contributed by atoms with van der Waals surface area (Å²) in [6.45, 7) is -1.61. The molecule has 2 aromatic rings. The fourth-order valence-corrected chi connectivity index (χ4v) is 2.64. The lowest BCUT2D eigenvalue weighted by Crippen LogP contribution is -2.36. The molecule has 28 heavy (non-hydrogen) atoms. The molecule has 2 rings (SSSR count). The molecule has 0 aliphatic heterocycles. The molecule has 0 aliphatic carbocycles. The van der Waals surface area contributed by atoms with Crippen molar-refractivity contribution in [2.45, 2.75) is 26.3 Å². The lowest BCUT2D eigenvalue weighted by molar-refractivity contribution is -0.0504. The lowest BCUT2D eigenvalue weighted by atomic mass is 10.1.